The SMILES string of the molecule is CCCCCCC/C=C\C/C=C\CCCCCCCCCCCC(=O)OCC(COC(=O)CCCCCCCCCCCCCCCCCCCC)OC(=O)CCCCCCCCCCCCCCCCCCCCCC. The van der Waals surface area contributed by atoms with Crippen molar-refractivity contribution < 1.29 is 28.6 Å². The van der Waals surface area contributed by atoms with Crippen molar-refractivity contribution in [1.82, 2.24) is 0 Å². The summed E-state index contributed by atoms with van der Waals surface area (Å²) < 4.78 is 17.0. The summed E-state index contributed by atoms with van der Waals surface area (Å²) >= 11 is 0. The quantitative estimate of drug-likeness (QED) is 0.0261. The molecule has 0 radical (unpaired) electrons. The average molecular weight is 1080 g/mol. The minimum absolute atomic E-state index is 0.0657. The van der Waals surface area contributed by atoms with Gasteiger partial charge in [-0.3, -0.25) is 14.4 Å². The summed E-state index contributed by atoms with van der Waals surface area (Å²) in [4.78, 5) is 38.5. The van der Waals surface area contributed by atoms with E-state index in [2.05, 4.69) is 45.1 Å². The second-order valence-electron chi connectivity index (χ2n) is 23.8. The van der Waals surface area contributed by atoms with Gasteiger partial charge in [-0.15, -0.1) is 0 Å². The van der Waals surface area contributed by atoms with Crippen LogP contribution in [-0.4, -0.2) is 37.2 Å². The van der Waals surface area contributed by atoms with Crippen molar-refractivity contribution in [2.45, 2.75) is 399 Å². The van der Waals surface area contributed by atoms with E-state index in [0.717, 1.165) is 64.2 Å². The van der Waals surface area contributed by atoms with E-state index >= 15 is 0 Å². The normalized spacial score (nSPS) is 12.1. The molecule has 6 heteroatoms. The van der Waals surface area contributed by atoms with Gasteiger partial charge in [-0.1, -0.05) is 347 Å². The van der Waals surface area contributed by atoms with Crippen LogP contribution in [-0.2, 0) is 28.6 Å². The molecule has 0 N–H and O–H groups in total. The number of ether oxygens (including phenoxy) is 3. The summed E-state index contributed by atoms with van der Waals surface area (Å²) in [5.41, 5.74) is 0. The molecule has 1 unspecified atom stereocenters. The molecule has 1 atom stereocenters. The molecule has 0 heterocycles. The van der Waals surface area contributed by atoms with E-state index in [-0.39, 0.29) is 31.1 Å². The predicted molar refractivity (Wildman–Crippen MR) is 335 cm³/mol. The average Bonchev–Trinajstić information content (AvgIpc) is 3.43. The molecule has 0 aliphatic heterocycles. The maximum Gasteiger partial charge on any atom is 0.306 e. The maximum absolute atomic E-state index is 13.0. The maximum atomic E-state index is 13.0. The van der Waals surface area contributed by atoms with E-state index in [9.17, 15) is 14.4 Å². The van der Waals surface area contributed by atoms with E-state index in [0.29, 0.717) is 19.3 Å². The summed E-state index contributed by atoms with van der Waals surface area (Å²) in [5.74, 6) is -0.836. The second-order valence-corrected chi connectivity index (χ2v) is 23.8. The smallest absolute Gasteiger partial charge is 0.306 e. The van der Waals surface area contributed by atoms with Gasteiger partial charge >= 0.3 is 17.9 Å². The van der Waals surface area contributed by atoms with Gasteiger partial charge in [0.1, 0.15) is 13.2 Å². The van der Waals surface area contributed by atoms with Crippen LogP contribution in [0.25, 0.3) is 0 Å². The van der Waals surface area contributed by atoms with E-state index in [1.807, 2.05) is 0 Å². The van der Waals surface area contributed by atoms with Crippen LogP contribution in [0.15, 0.2) is 24.3 Å². The zero-order valence-electron chi connectivity index (χ0n) is 52.3. The number of esters is 3. The van der Waals surface area contributed by atoms with Gasteiger partial charge in [0.2, 0.25) is 0 Å². The van der Waals surface area contributed by atoms with Gasteiger partial charge in [-0.05, 0) is 51.4 Å². The molecule has 0 aromatic heterocycles. The highest BCUT2D eigenvalue weighted by Crippen LogP contribution is 2.19. The fraction of sp³-hybridized carbons (Fsp3) is 0.901. The molecule has 0 fully saturated rings. The standard InChI is InChI=1S/C71H134O6/c1-4-7-10-13-16-19-22-25-28-31-34-36-38-40-43-46-49-52-55-58-61-64-70(73)76-67-68(66-75-69(72)63-60-57-54-51-48-45-42-39-33-30-27-24-21-18-15-12-9-6-3)77-71(74)65-62-59-56-53-50-47-44-41-37-35-32-29-26-23-20-17-14-11-8-5-2/h22,25,31,34,68H,4-21,23-24,26-30,32-33,35-67H2,1-3H3/b25-22-,34-31-. The molecule has 0 aromatic rings. The first-order chi connectivity index (χ1) is 38.0. The van der Waals surface area contributed by atoms with Crippen molar-refractivity contribution in [2.24, 2.45) is 0 Å². The van der Waals surface area contributed by atoms with Crippen LogP contribution in [0.2, 0.25) is 0 Å². The molecule has 6 nitrogen and oxygen atoms in total. The Morgan fingerprint density at radius 1 is 0.260 bits per heavy atom. The Kier molecular flexibility index (Phi) is 64.6. The Hall–Kier alpha value is -2.11. The highest BCUT2D eigenvalue weighted by molar-refractivity contribution is 5.71. The van der Waals surface area contributed by atoms with Gasteiger partial charge < -0.3 is 14.2 Å². The Morgan fingerprint density at radius 2 is 0.468 bits per heavy atom. The van der Waals surface area contributed by atoms with Crippen molar-refractivity contribution in [3.8, 4) is 0 Å². The third-order valence-electron chi connectivity index (χ3n) is 16.0. The molecule has 0 aliphatic carbocycles. The van der Waals surface area contributed by atoms with E-state index in [1.54, 1.807) is 0 Å². The van der Waals surface area contributed by atoms with E-state index in [4.69, 9.17) is 14.2 Å². The van der Waals surface area contributed by atoms with Crippen LogP contribution in [0.3, 0.4) is 0 Å². The first-order valence-electron chi connectivity index (χ1n) is 34.8. The lowest BCUT2D eigenvalue weighted by atomic mass is 10.0. The highest BCUT2D eigenvalue weighted by atomic mass is 16.6. The molecule has 0 aliphatic rings. The minimum Gasteiger partial charge on any atom is -0.462 e. The summed E-state index contributed by atoms with van der Waals surface area (Å²) in [5, 5.41) is 0. The lowest BCUT2D eigenvalue weighted by Crippen LogP contribution is -2.30. The van der Waals surface area contributed by atoms with Crippen LogP contribution in [0.1, 0.15) is 393 Å². The molecule has 0 aromatic carbocycles. The Balaban J connectivity index is 4.31. The van der Waals surface area contributed by atoms with Gasteiger partial charge in [0, 0.05) is 19.3 Å². The molecule has 0 saturated carbocycles. The van der Waals surface area contributed by atoms with Crippen LogP contribution >= 0.6 is 0 Å². The third-order valence-corrected chi connectivity index (χ3v) is 16.0. The van der Waals surface area contributed by atoms with Gasteiger partial charge in [0.25, 0.3) is 0 Å². The van der Waals surface area contributed by atoms with Crippen molar-refractivity contribution in [2.75, 3.05) is 13.2 Å². The van der Waals surface area contributed by atoms with Gasteiger partial charge in [0.15, 0.2) is 6.10 Å². The second kappa shape index (κ2) is 66.4. The molecular weight excluding hydrogens is 949 g/mol. The van der Waals surface area contributed by atoms with Crippen LogP contribution in [0.4, 0.5) is 0 Å². The summed E-state index contributed by atoms with van der Waals surface area (Å²) in [6.45, 7) is 6.72. The Morgan fingerprint density at radius 3 is 0.714 bits per heavy atom. The largest absolute Gasteiger partial charge is 0.462 e. The Bertz CT molecular complexity index is 1240. The number of carbonyl (C=O) groups excluding carboxylic acids is 3. The highest BCUT2D eigenvalue weighted by Gasteiger charge is 2.19. The number of carbonyl (C=O) groups is 3. The minimum atomic E-state index is -0.770. The van der Waals surface area contributed by atoms with Crippen molar-refractivity contribution in [3.63, 3.8) is 0 Å². The van der Waals surface area contributed by atoms with Crippen LogP contribution in [0, 0.1) is 0 Å². The number of unbranched alkanes of at least 4 members (excludes halogenated alkanes) is 50. The zero-order chi connectivity index (χ0) is 55.7. The summed E-state index contributed by atoms with van der Waals surface area (Å²) in [6, 6.07) is 0. The fourth-order valence-corrected chi connectivity index (χ4v) is 10.7. The molecule has 0 amide bonds. The molecule has 0 rings (SSSR count). The fourth-order valence-electron chi connectivity index (χ4n) is 10.7. The first kappa shape index (κ1) is 74.9. The van der Waals surface area contributed by atoms with Crippen molar-refractivity contribution >= 4 is 17.9 Å². The molecule has 0 saturated heterocycles. The molecular formula is C71H134O6. The lowest BCUT2D eigenvalue weighted by Gasteiger charge is -2.18. The van der Waals surface area contributed by atoms with Gasteiger partial charge in [-0.25, -0.2) is 0 Å². The number of allylic oxidation sites excluding steroid dienone is 4. The topological polar surface area (TPSA) is 78.9 Å². The number of rotatable bonds is 65. The lowest BCUT2D eigenvalue weighted by molar-refractivity contribution is -0.167. The summed E-state index contributed by atoms with van der Waals surface area (Å²) in [6.07, 6.45) is 80.5. The third kappa shape index (κ3) is 64.6. The predicted octanol–water partition coefficient (Wildman–Crippen LogP) is 23.8. The van der Waals surface area contributed by atoms with E-state index < -0.39 is 6.10 Å². The number of hydrogen-bond acceptors (Lipinski definition) is 6. The molecule has 454 valence electrons. The van der Waals surface area contributed by atoms with Gasteiger partial charge in [-0.2, -0.15) is 0 Å². The van der Waals surface area contributed by atoms with Gasteiger partial charge in [0.05, 0.1) is 0 Å². The van der Waals surface area contributed by atoms with Crippen LogP contribution < -0.4 is 0 Å². The Labute approximate surface area is 481 Å². The number of hydrogen-bond donors (Lipinski definition) is 0. The summed E-state index contributed by atoms with van der Waals surface area (Å²) in [7, 11) is 0. The van der Waals surface area contributed by atoms with E-state index in [1.165, 1.54) is 289 Å². The van der Waals surface area contributed by atoms with Crippen molar-refractivity contribution in [3.05, 3.63) is 24.3 Å². The monoisotopic (exact) mass is 1080 g/mol. The first-order valence-corrected chi connectivity index (χ1v) is 34.8. The molecule has 77 heavy (non-hydrogen) atoms. The molecule has 0 spiro atoms. The molecule has 0 bridgehead atoms. The van der Waals surface area contributed by atoms with Crippen LogP contribution in [0.5, 0.6) is 0 Å². The zero-order valence-corrected chi connectivity index (χ0v) is 52.3. The van der Waals surface area contributed by atoms with Crippen molar-refractivity contribution in [1.29, 1.82) is 0 Å².